The van der Waals surface area contributed by atoms with Gasteiger partial charge in [-0.1, -0.05) is 31.5 Å². The Balaban J connectivity index is 2.16. The Morgan fingerprint density at radius 1 is 1.30 bits per heavy atom. The van der Waals surface area contributed by atoms with Gasteiger partial charge < -0.3 is 15.8 Å². The molecule has 4 heteroatoms. The van der Waals surface area contributed by atoms with Crippen LogP contribution in [0.5, 0.6) is 5.75 Å². The first-order valence-corrected chi connectivity index (χ1v) is 7.40. The molecule has 1 unspecified atom stereocenters. The Kier molecular flexibility index (Phi) is 8.47. The fourth-order valence-electron chi connectivity index (χ4n) is 2.12. The fourth-order valence-corrected chi connectivity index (χ4v) is 2.12. The summed E-state index contributed by atoms with van der Waals surface area (Å²) < 4.78 is 5.50. The number of ether oxygens (including phenoxy) is 1. The van der Waals surface area contributed by atoms with Crippen LogP contribution in [0.15, 0.2) is 30.3 Å². The molecule has 0 heterocycles. The first-order valence-electron chi connectivity index (χ1n) is 7.40. The van der Waals surface area contributed by atoms with E-state index in [0.29, 0.717) is 25.5 Å². The Morgan fingerprint density at radius 2 is 2.05 bits per heavy atom. The molecule has 112 valence electrons. The molecule has 0 radical (unpaired) electrons. The summed E-state index contributed by atoms with van der Waals surface area (Å²) in [4.78, 5) is 11.7. The van der Waals surface area contributed by atoms with E-state index in [1.165, 1.54) is 0 Å². The number of carbonyl (C=O) groups is 1. The normalized spacial score (nSPS) is 11.9. The maximum atomic E-state index is 11.7. The lowest BCUT2D eigenvalue weighted by Crippen LogP contribution is -2.31. The molecule has 0 bridgehead atoms. The number of hydrogen-bond donors (Lipinski definition) is 2. The quantitative estimate of drug-likeness (QED) is 0.690. The molecule has 0 saturated heterocycles. The largest absolute Gasteiger partial charge is 0.493 e. The third kappa shape index (κ3) is 7.14. The van der Waals surface area contributed by atoms with Crippen molar-refractivity contribution < 1.29 is 9.53 Å². The van der Waals surface area contributed by atoms with Gasteiger partial charge in [-0.2, -0.15) is 0 Å². The average molecular weight is 278 g/mol. The van der Waals surface area contributed by atoms with Gasteiger partial charge >= 0.3 is 0 Å². The lowest BCUT2D eigenvalue weighted by Gasteiger charge is -2.16. The lowest BCUT2D eigenvalue weighted by molar-refractivity contribution is -0.121. The highest BCUT2D eigenvalue weighted by Gasteiger charge is 2.09. The van der Waals surface area contributed by atoms with Crippen molar-refractivity contribution in [2.45, 2.75) is 32.6 Å². The number of nitrogens with two attached hydrogens (primary N) is 1. The van der Waals surface area contributed by atoms with Crippen LogP contribution in [0.25, 0.3) is 0 Å². The van der Waals surface area contributed by atoms with E-state index < -0.39 is 0 Å². The monoisotopic (exact) mass is 278 g/mol. The van der Waals surface area contributed by atoms with E-state index in [1.807, 2.05) is 30.3 Å². The number of nitrogens with one attached hydrogen (secondary N) is 1. The smallest absolute Gasteiger partial charge is 0.223 e. The second-order valence-corrected chi connectivity index (χ2v) is 4.95. The molecule has 0 aromatic heterocycles. The second kappa shape index (κ2) is 10.3. The van der Waals surface area contributed by atoms with Crippen molar-refractivity contribution in [1.29, 1.82) is 0 Å². The molecule has 0 aliphatic rings. The highest BCUT2D eigenvalue weighted by molar-refractivity contribution is 5.75. The van der Waals surface area contributed by atoms with Gasteiger partial charge in [-0.05, 0) is 37.4 Å². The van der Waals surface area contributed by atoms with Crippen LogP contribution in [0.2, 0.25) is 0 Å². The molecule has 0 saturated carbocycles. The number of rotatable bonds is 10. The molecule has 0 spiro atoms. The van der Waals surface area contributed by atoms with Gasteiger partial charge in [-0.15, -0.1) is 0 Å². The Morgan fingerprint density at radius 3 is 2.70 bits per heavy atom. The van der Waals surface area contributed by atoms with E-state index in [2.05, 4.69) is 12.2 Å². The van der Waals surface area contributed by atoms with Crippen LogP contribution in [-0.4, -0.2) is 25.6 Å². The third-order valence-electron chi connectivity index (χ3n) is 3.20. The minimum Gasteiger partial charge on any atom is -0.493 e. The molecule has 1 rings (SSSR count). The molecule has 1 aromatic carbocycles. The zero-order chi connectivity index (χ0) is 14.6. The van der Waals surface area contributed by atoms with Crippen LogP contribution in [0, 0.1) is 5.92 Å². The molecule has 3 N–H and O–H groups in total. The van der Waals surface area contributed by atoms with E-state index in [0.717, 1.165) is 31.6 Å². The summed E-state index contributed by atoms with van der Waals surface area (Å²) in [5.41, 5.74) is 5.58. The van der Waals surface area contributed by atoms with E-state index >= 15 is 0 Å². The predicted octanol–water partition coefficient (Wildman–Crippen LogP) is 2.34. The van der Waals surface area contributed by atoms with Crippen molar-refractivity contribution >= 4 is 5.91 Å². The Hall–Kier alpha value is -1.55. The van der Waals surface area contributed by atoms with Crippen molar-refractivity contribution in [2.75, 3.05) is 19.7 Å². The lowest BCUT2D eigenvalue weighted by atomic mass is 10.00. The predicted molar refractivity (Wildman–Crippen MR) is 81.6 cm³/mol. The zero-order valence-electron chi connectivity index (χ0n) is 12.3. The number of amides is 1. The average Bonchev–Trinajstić information content (AvgIpc) is 2.46. The second-order valence-electron chi connectivity index (χ2n) is 4.95. The van der Waals surface area contributed by atoms with E-state index in [1.54, 1.807) is 0 Å². The van der Waals surface area contributed by atoms with Crippen molar-refractivity contribution in [1.82, 2.24) is 5.32 Å². The maximum absolute atomic E-state index is 11.7. The first kappa shape index (κ1) is 16.5. The zero-order valence-corrected chi connectivity index (χ0v) is 12.3. The summed E-state index contributed by atoms with van der Waals surface area (Å²) in [6.45, 7) is 3.96. The summed E-state index contributed by atoms with van der Waals surface area (Å²) >= 11 is 0. The maximum Gasteiger partial charge on any atom is 0.223 e. The number of benzene rings is 1. The molecule has 1 aromatic rings. The van der Waals surface area contributed by atoms with Crippen LogP contribution >= 0.6 is 0 Å². The van der Waals surface area contributed by atoms with Gasteiger partial charge in [0, 0.05) is 6.54 Å². The SMILES string of the molecule is CCCC(CCN)CNC(=O)CCOc1ccccc1. The van der Waals surface area contributed by atoms with Gasteiger partial charge in [0.1, 0.15) is 5.75 Å². The minimum atomic E-state index is 0.0408. The molecule has 1 atom stereocenters. The van der Waals surface area contributed by atoms with Crippen LogP contribution in [-0.2, 0) is 4.79 Å². The van der Waals surface area contributed by atoms with Gasteiger partial charge in [-0.25, -0.2) is 0 Å². The van der Waals surface area contributed by atoms with Gasteiger partial charge in [-0.3, -0.25) is 4.79 Å². The number of carbonyl (C=O) groups excluding carboxylic acids is 1. The van der Waals surface area contributed by atoms with Crippen LogP contribution in [0.1, 0.15) is 32.6 Å². The molecular weight excluding hydrogens is 252 g/mol. The molecule has 0 aliphatic heterocycles. The van der Waals surface area contributed by atoms with Crippen molar-refractivity contribution in [2.24, 2.45) is 11.7 Å². The molecule has 0 fully saturated rings. The molecule has 1 amide bonds. The van der Waals surface area contributed by atoms with Gasteiger partial charge in [0.25, 0.3) is 0 Å². The summed E-state index contributed by atoms with van der Waals surface area (Å²) in [6.07, 6.45) is 3.58. The topological polar surface area (TPSA) is 64.3 Å². The van der Waals surface area contributed by atoms with Gasteiger partial charge in [0.05, 0.1) is 13.0 Å². The summed E-state index contributed by atoms with van der Waals surface area (Å²) in [6, 6.07) is 9.53. The van der Waals surface area contributed by atoms with E-state index in [-0.39, 0.29) is 5.91 Å². The van der Waals surface area contributed by atoms with E-state index in [9.17, 15) is 4.79 Å². The standard InChI is InChI=1S/C16H26N2O2/c1-2-6-14(9-11-17)13-18-16(19)10-12-20-15-7-4-3-5-8-15/h3-5,7-8,14H,2,6,9-13,17H2,1H3,(H,18,19). The summed E-state index contributed by atoms with van der Waals surface area (Å²) in [7, 11) is 0. The molecular formula is C16H26N2O2. The van der Waals surface area contributed by atoms with E-state index in [4.69, 9.17) is 10.5 Å². The van der Waals surface area contributed by atoms with Crippen LogP contribution in [0.3, 0.4) is 0 Å². The number of para-hydroxylation sites is 1. The summed E-state index contributed by atoms with van der Waals surface area (Å²) in [5.74, 6) is 1.33. The fraction of sp³-hybridized carbons (Fsp3) is 0.562. The Bertz CT molecular complexity index is 362. The summed E-state index contributed by atoms with van der Waals surface area (Å²) in [5, 5.41) is 2.96. The molecule has 0 aliphatic carbocycles. The Labute approximate surface area is 121 Å². The van der Waals surface area contributed by atoms with Crippen LogP contribution < -0.4 is 15.8 Å². The van der Waals surface area contributed by atoms with Crippen molar-refractivity contribution in [3.63, 3.8) is 0 Å². The molecule has 4 nitrogen and oxygen atoms in total. The van der Waals surface area contributed by atoms with Crippen molar-refractivity contribution in [3.8, 4) is 5.75 Å². The minimum absolute atomic E-state index is 0.0408. The van der Waals surface area contributed by atoms with Gasteiger partial charge in [0.15, 0.2) is 0 Å². The first-order chi connectivity index (χ1) is 9.76. The molecule has 20 heavy (non-hydrogen) atoms. The highest BCUT2D eigenvalue weighted by atomic mass is 16.5. The van der Waals surface area contributed by atoms with Crippen LogP contribution in [0.4, 0.5) is 0 Å². The van der Waals surface area contributed by atoms with Crippen molar-refractivity contribution in [3.05, 3.63) is 30.3 Å². The highest BCUT2D eigenvalue weighted by Crippen LogP contribution is 2.10. The number of hydrogen-bond acceptors (Lipinski definition) is 3. The third-order valence-corrected chi connectivity index (χ3v) is 3.20. The van der Waals surface area contributed by atoms with Gasteiger partial charge in [0.2, 0.25) is 5.91 Å².